The van der Waals surface area contributed by atoms with Crippen molar-refractivity contribution in [1.29, 1.82) is 5.26 Å². The number of carbonyl (C=O) groups excluding carboxylic acids is 1. The number of methoxy groups -OCH3 is 1. The first-order valence-corrected chi connectivity index (χ1v) is 5.17. The highest BCUT2D eigenvalue weighted by atomic mass is 35.5. The van der Waals surface area contributed by atoms with Crippen LogP contribution in [0.3, 0.4) is 0 Å². The number of halogens is 4. The molecule has 0 bridgehead atoms. The van der Waals surface area contributed by atoms with Gasteiger partial charge in [-0.05, 0) is 17.7 Å². The Labute approximate surface area is 106 Å². The van der Waals surface area contributed by atoms with E-state index in [9.17, 15) is 18.0 Å². The Balaban J connectivity index is 3.57. The minimum atomic E-state index is -4.74. The summed E-state index contributed by atoms with van der Waals surface area (Å²) >= 11 is 5.48. The van der Waals surface area contributed by atoms with E-state index in [-0.39, 0.29) is 17.0 Å². The second-order valence-electron chi connectivity index (χ2n) is 3.29. The number of nitriles is 1. The second kappa shape index (κ2) is 5.27. The Hall–Kier alpha value is -1.74. The molecular weight excluding hydrogens is 271 g/mol. The summed E-state index contributed by atoms with van der Waals surface area (Å²) in [7, 11) is 1.05. The molecule has 3 nitrogen and oxygen atoms in total. The summed E-state index contributed by atoms with van der Waals surface area (Å²) < 4.78 is 42.6. The van der Waals surface area contributed by atoms with Gasteiger partial charge in [0.25, 0.3) is 0 Å². The normalized spacial score (nSPS) is 10.9. The number of ether oxygens (including phenoxy) is 1. The molecule has 0 atom stereocenters. The van der Waals surface area contributed by atoms with E-state index in [1.54, 1.807) is 0 Å². The van der Waals surface area contributed by atoms with E-state index in [0.29, 0.717) is 6.07 Å². The Kier molecular flexibility index (Phi) is 4.19. The van der Waals surface area contributed by atoms with Crippen molar-refractivity contribution in [2.45, 2.75) is 12.1 Å². The molecule has 1 aromatic rings. The molecule has 0 aliphatic carbocycles. The number of esters is 1. The monoisotopic (exact) mass is 277 g/mol. The van der Waals surface area contributed by atoms with Crippen LogP contribution in [0.25, 0.3) is 0 Å². The molecule has 0 spiro atoms. The lowest BCUT2D eigenvalue weighted by atomic mass is 9.98. The van der Waals surface area contributed by atoms with E-state index in [2.05, 4.69) is 4.74 Å². The van der Waals surface area contributed by atoms with Crippen LogP contribution in [0.1, 0.15) is 27.0 Å². The molecular formula is C11H7ClF3NO2. The predicted octanol–water partition coefficient (Wildman–Crippen LogP) is 3.10. The Bertz CT molecular complexity index is 520. The number of hydrogen-bond donors (Lipinski definition) is 0. The highest BCUT2D eigenvalue weighted by Crippen LogP contribution is 2.34. The molecule has 1 aromatic carbocycles. The molecule has 0 fully saturated rings. The third kappa shape index (κ3) is 2.74. The first kappa shape index (κ1) is 14.3. The molecule has 96 valence electrons. The highest BCUT2D eigenvalue weighted by molar-refractivity contribution is 6.17. The molecule has 0 amide bonds. The van der Waals surface area contributed by atoms with E-state index in [0.717, 1.165) is 13.2 Å². The van der Waals surface area contributed by atoms with Crippen molar-refractivity contribution in [3.05, 3.63) is 34.4 Å². The number of carbonyl (C=O) groups is 1. The third-order valence-corrected chi connectivity index (χ3v) is 2.49. The van der Waals surface area contributed by atoms with Crippen LogP contribution < -0.4 is 0 Å². The van der Waals surface area contributed by atoms with Gasteiger partial charge < -0.3 is 4.74 Å². The maximum Gasteiger partial charge on any atom is 0.417 e. The topological polar surface area (TPSA) is 50.1 Å². The van der Waals surface area contributed by atoms with Crippen LogP contribution in [-0.4, -0.2) is 13.1 Å². The van der Waals surface area contributed by atoms with Gasteiger partial charge in [0, 0.05) is 5.88 Å². The zero-order chi connectivity index (χ0) is 13.9. The van der Waals surface area contributed by atoms with E-state index in [4.69, 9.17) is 16.9 Å². The first-order valence-electron chi connectivity index (χ1n) is 4.63. The number of hydrogen-bond acceptors (Lipinski definition) is 3. The van der Waals surface area contributed by atoms with Crippen molar-refractivity contribution < 1.29 is 22.7 Å². The molecule has 0 aliphatic rings. The molecule has 18 heavy (non-hydrogen) atoms. The zero-order valence-electron chi connectivity index (χ0n) is 9.14. The average molecular weight is 278 g/mol. The molecule has 0 aromatic heterocycles. The summed E-state index contributed by atoms with van der Waals surface area (Å²) in [5.74, 6) is -1.23. The van der Waals surface area contributed by atoms with Crippen LogP contribution in [0, 0.1) is 11.3 Å². The van der Waals surface area contributed by atoms with Crippen molar-refractivity contribution in [3.63, 3.8) is 0 Å². The van der Waals surface area contributed by atoms with Crippen LogP contribution >= 0.6 is 11.6 Å². The molecule has 0 heterocycles. The largest absolute Gasteiger partial charge is 0.465 e. The van der Waals surface area contributed by atoms with Crippen molar-refractivity contribution in [2.75, 3.05) is 7.11 Å². The highest BCUT2D eigenvalue weighted by Gasteiger charge is 2.35. The number of benzene rings is 1. The van der Waals surface area contributed by atoms with Crippen molar-refractivity contribution in [3.8, 4) is 6.07 Å². The van der Waals surface area contributed by atoms with Gasteiger partial charge >= 0.3 is 12.1 Å². The average Bonchev–Trinajstić information content (AvgIpc) is 2.34. The summed E-state index contributed by atoms with van der Waals surface area (Å²) in [6, 6.07) is 3.15. The fraction of sp³-hybridized carbons (Fsp3) is 0.273. The second-order valence-corrected chi connectivity index (χ2v) is 3.56. The van der Waals surface area contributed by atoms with Crippen LogP contribution in [0.5, 0.6) is 0 Å². The lowest BCUT2D eigenvalue weighted by Crippen LogP contribution is -2.13. The molecule has 0 unspecified atom stereocenters. The van der Waals surface area contributed by atoms with Crippen molar-refractivity contribution >= 4 is 17.6 Å². The maximum absolute atomic E-state index is 12.8. The minimum absolute atomic E-state index is 0.0607. The molecule has 1 rings (SSSR count). The van der Waals surface area contributed by atoms with E-state index >= 15 is 0 Å². The fourth-order valence-electron chi connectivity index (χ4n) is 1.40. The quantitative estimate of drug-likeness (QED) is 0.616. The number of nitrogens with zero attached hydrogens (tertiary/aromatic N) is 1. The molecule has 0 aliphatic heterocycles. The fourth-order valence-corrected chi connectivity index (χ4v) is 1.61. The zero-order valence-corrected chi connectivity index (χ0v) is 9.89. The molecule has 0 saturated heterocycles. The van der Waals surface area contributed by atoms with Gasteiger partial charge in [-0.2, -0.15) is 18.4 Å². The van der Waals surface area contributed by atoms with Gasteiger partial charge in [0.15, 0.2) is 0 Å². The van der Waals surface area contributed by atoms with Crippen LogP contribution in [0.4, 0.5) is 13.2 Å². The molecule has 7 heteroatoms. The summed E-state index contributed by atoms with van der Waals surface area (Å²) in [5.41, 5.74) is -2.12. The Morgan fingerprint density at radius 1 is 1.50 bits per heavy atom. The first-order chi connectivity index (χ1) is 8.35. The minimum Gasteiger partial charge on any atom is -0.465 e. The Morgan fingerprint density at radius 3 is 2.50 bits per heavy atom. The molecule has 0 radical (unpaired) electrons. The number of alkyl halides is 4. The van der Waals surface area contributed by atoms with Gasteiger partial charge in [0.2, 0.25) is 0 Å². The maximum atomic E-state index is 12.8. The Morgan fingerprint density at radius 2 is 2.11 bits per heavy atom. The van der Waals surface area contributed by atoms with E-state index in [1.165, 1.54) is 6.07 Å². The molecule has 0 saturated carbocycles. The van der Waals surface area contributed by atoms with Crippen molar-refractivity contribution in [2.24, 2.45) is 0 Å². The summed E-state index contributed by atoms with van der Waals surface area (Å²) in [5, 5.41) is 8.76. The summed E-state index contributed by atoms with van der Waals surface area (Å²) in [6.07, 6.45) is -4.74. The van der Waals surface area contributed by atoms with Gasteiger partial charge in [0.05, 0.1) is 23.8 Å². The smallest absolute Gasteiger partial charge is 0.417 e. The van der Waals surface area contributed by atoms with Crippen LogP contribution in [-0.2, 0) is 16.8 Å². The standard InChI is InChI=1S/C11H7ClF3NO2/c1-18-10(17)6-2-7(4-12)8(5-16)9(3-6)11(13,14)15/h2-3H,4H2,1H3. The van der Waals surface area contributed by atoms with Gasteiger partial charge in [-0.3, -0.25) is 0 Å². The van der Waals surface area contributed by atoms with Crippen LogP contribution in [0.2, 0.25) is 0 Å². The van der Waals surface area contributed by atoms with Crippen LogP contribution in [0.15, 0.2) is 12.1 Å². The van der Waals surface area contributed by atoms with E-state index in [1.807, 2.05) is 0 Å². The number of rotatable bonds is 2. The summed E-state index contributed by atoms with van der Waals surface area (Å²) in [6.45, 7) is 0. The summed E-state index contributed by atoms with van der Waals surface area (Å²) in [4.78, 5) is 11.2. The van der Waals surface area contributed by atoms with Gasteiger partial charge in [-0.1, -0.05) is 0 Å². The lowest BCUT2D eigenvalue weighted by molar-refractivity contribution is -0.137. The molecule has 0 N–H and O–H groups in total. The third-order valence-electron chi connectivity index (χ3n) is 2.20. The van der Waals surface area contributed by atoms with E-state index < -0.39 is 23.3 Å². The SMILES string of the molecule is COC(=O)c1cc(CCl)c(C#N)c(C(F)(F)F)c1. The van der Waals surface area contributed by atoms with Gasteiger partial charge in [-0.25, -0.2) is 4.79 Å². The van der Waals surface area contributed by atoms with Crippen molar-refractivity contribution in [1.82, 2.24) is 0 Å². The van der Waals surface area contributed by atoms with Gasteiger partial charge in [-0.15, -0.1) is 11.6 Å². The lowest BCUT2D eigenvalue weighted by Gasteiger charge is -2.13. The van der Waals surface area contributed by atoms with Gasteiger partial charge in [0.1, 0.15) is 6.07 Å². The predicted molar refractivity (Wildman–Crippen MR) is 57.1 cm³/mol.